The maximum atomic E-state index is 12.8. The molecule has 0 saturated carbocycles. The number of aliphatic carboxylic acids is 1. The van der Waals surface area contributed by atoms with E-state index in [2.05, 4.69) is 4.98 Å². The van der Waals surface area contributed by atoms with Gasteiger partial charge in [-0.15, -0.1) is 11.3 Å². The van der Waals surface area contributed by atoms with Gasteiger partial charge in [0.1, 0.15) is 16.7 Å². The Morgan fingerprint density at radius 3 is 2.57 bits per heavy atom. The Balaban J connectivity index is 2.83. The summed E-state index contributed by atoms with van der Waals surface area (Å²) < 4.78 is 1.36. The third kappa shape index (κ3) is 2.72. The largest absolute Gasteiger partial charge is 0.480 e. The van der Waals surface area contributed by atoms with E-state index in [4.69, 9.17) is 0 Å². The van der Waals surface area contributed by atoms with Gasteiger partial charge in [-0.1, -0.05) is 27.7 Å². The van der Waals surface area contributed by atoms with Gasteiger partial charge in [0.05, 0.1) is 5.39 Å². The molecule has 0 radical (unpaired) electrons. The summed E-state index contributed by atoms with van der Waals surface area (Å²) in [6.45, 7) is 7.64. The molecule has 0 amide bonds. The SMILES string of the molecule is CCc1cc2c(=O)n(C(CC)C(=O)O)c(C(C)C)nc2s1. The predicted octanol–water partition coefficient (Wildman–Crippen LogP) is 3.18. The van der Waals surface area contributed by atoms with E-state index in [0.29, 0.717) is 22.5 Å². The van der Waals surface area contributed by atoms with Gasteiger partial charge in [-0.3, -0.25) is 9.36 Å². The molecule has 1 unspecified atom stereocenters. The minimum absolute atomic E-state index is 0.0114. The van der Waals surface area contributed by atoms with E-state index in [1.54, 1.807) is 6.92 Å². The number of aromatic nitrogens is 2. The number of carboxylic acid groups (broad SMARTS) is 1. The quantitative estimate of drug-likeness (QED) is 0.920. The van der Waals surface area contributed by atoms with Crippen LogP contribution in [0.1, 0.15) is 56.8 Å². The summed E-state index contributed by atoms with van der Waals surface area (Å²) in [7, 11) is 0. The van der Waals surface area contributed by atoms with Crippen LogP contribution in [0.3, 0.4) is 0 Å². The fourth-order valence-corrected chi connectivity index (χ4v) is 3.37. The molecule has 0 saturated heterocycles. The van der Waals surface area contributed by atoms with Crippen molar-refractivity contribution in [3.63, 3.8) is 0 Å². The highest BCUT2D eigenvalue weighted by Gasteiger charge is 2.25. The molecule has 0 bridgehead atoms. The molecule has 5 nitrogen and oxygen atoms in total. The summed E-state index contributed by atoms with van der Waals surface area (Å²) in [5.74, 6) is -0.456. The maximum absolute atomic E-state index is 12.8. The molecule has 2 aromatic rings. The van der Waals surface area contributed by atoms with Crippen LogP contribution in [0, 0.1) is 0 Å². The molecular weight excluding hydrogens is 288 g/mol. The average molecular weight is 308 g/mol. The number of hydrogen-bond donors (Lipinski definition) is 1. The maximum Gasteiger partial charge on any atom is 0.326 e. The Labute approximate surface area is 127 Å². The van der Waals surface area contributed by atoms with Crippen LogP contribution in [-0.4, -0.2) is 20.6 Å². The molecule has 21 heavy (non-hydrogen) atoms. The van der Waals surface area contributed by atoms with Crippen molar-refractivity contribution < 1.29 is 9.90 Å². The number of fused-ring (bicyclic) bond motifs is 1. The second-order valence-electron chi connectivity index (χ2n) is 5.35. The minimum atomic E-state index is -0.992. The number of hydrogen-bond acceptors (Lipinski definition) is 4. The molecule has 0 spiro atoms. The summed E-state index contributed by atoms with van der Waals surface area (Å²) in [4.78, 5) is 30.6. The van der Waals surface area contributed by atoms with Gasteiger partial charge in [0.2, 0.25) is 0 Å². The van der Waals surface area contributed by atoms with Crippen LogP contribution in [0.5, 0.6) is 0 Å². The fourth-order valence-electron chi connectivity index (χ4n) is 2.41. The molecule has 2 heterocycles. The molecule has 2 aromatic heterocycles. The van der Waals surface area contributed by atoms with Crippen molar-refractivity contribution >= 4 is 27.5 Å². The van der Waals surface area contributed by atoms with Crippen LogP contribution in [0.25, 0.3) is 10.2 Å². The van der Waals surface area contributed by atoms with Crippen molar-refractivity contribution in [2.75, 3.05) is 0 Å². The van der Waals surface area contributed by atoms with E-state index in [1.807, 2.05) is 26.8 Å². The predicted molar refractivity (Wildman–Crippen MR) is 84.3 cm³/mol. The van der Waals surface area contributed by atoms with Gasteiger partial charge < -0.3 is 5.11 Å². The van der Waals surface area contributed by atoms with Gasteiger partial charge in [-0.25, -0.2) is 9.78 Å². The van der Waals surface area contributed by atoms with Gasteiger partial charge in [0, 0.05) is 10.8 Å². The highest BCUT2D eigenvalue weighted by atomic mass is 32.1. The van der Waals surface area contributed by atoms with Crippen LogP contribution < -0.4 is 5.56 Å². The lowest BCUT2D eigenvalue weighted by Gasteiger charge is -2.19. The Bertz CT molecular complexity index is 730. The van der Waals surface area contributed by atoms with Crippen LogP contribution in [0.15, 0.2) is 10.9 Å². The summed E-state index contributed by atoms with van der Waals surface area (Å²) in [5, 5.41) is 9.92. The summed E-state index contributed by atoms with van der Waals surface area (Å²) in [6.07, 6.45) is 1.19. The Hall–Kier alpha value is -1.69. The highest BCUT2D eigenvalue weighted by molar-refractivity contribution is 7.18. The lowest BCUT2D eigenvalue weighted by molar-refractivity contribution is -0.141. The van der Waals surface area contributed by atoms with Crippen molar-refractivity contribution in [1.82, 2.24) is 9.55 Å². The molecule has 0 aliphatic carbocycles. The lowest BCUT2D eigenvalue weighted by Crippen LogP contribution is -2.33. The number of nitrogens with zero attached hydrogens (tertiary/aromatic N) is 2. The number of thiophene rings is 1. The van der Waals surface area contributed by atoms with E-state index in [1.165, 1.54) is 15.9 Å². The summed E-state index contributed by atoms with van der Waals surface area (Å²) >= 11 is 1.51. The number of rotatable bonds is 5. The summed E-state index contributed by atoms with van der Waals surface area (Å²) in [6, 6.07) is 0.974. The van der Waals surface area contributed by atoms with E-state index >= 15 is 0 Å². The Morgan fingerprint density at radius 2 is 2.10 bits per heavy atom. The number of carboxylic acids is 1. The zero-order valence-corrected chi connectivity index (χ0v) is 13.5. The molecule has 6 heteroatoms. The van der Waals surface area contributed by atoms with Crippen LogP contribution >= 0.6 is 11.3 Å². The second-order valence-corrected chi connectivity index (χ2v) is 6.46. The molecule has 1 N–H and O–H groups in total. The first-order valence-electron chi connectivity index (χ1n) is 7.18. The third-order valence-electron chi connectivity index (χ3n) is 3.52. The molecule has 2 rings (SSSR count). The van der Waals surface area contributed by atoms with E-state index < -0.39 is 12.0 Å². The topological polar surface area (TPSA) is 72.2 Å². The van der Waals surface area contributed by atoms with Gasteiger partial charge in [0.25, 0.3) is 5.56 Å². The fraction of sp³-hybridized carbons (Fsp3) is 0.533. The normalized spacial score (nSPS) is 13.0. The van der Waals surface area contributed by atoms with Gasteiger partial charge in [0.15, 0.2) is 0 Å². The standard InChI is InChI=1S/C15H20N2O3S/c1-5-9-7-10-13(21-9)16-12(8(3)4)17(14(10)18)11(6-2)15(19)20/h7-8,11H,5-6H2,1-4H3,(H,19,20). The molecular formula is C15H20N2O3S. The monoisotopic (exact) mass is 308 g/mol. The smallest absolute Gasteiger partial charge is 0.326 e. The van der Waals surface area contributed by atoms with E-state index in [-0.39, 0.29) is 11.5 Å². The lowest BCUT2D eigenvalue weighted by atomic mass is 10.1. The van der Waals surface area contributed by atoms with Crippen LogP contribution in [0.4, 0.5) is 0 Å². The molecule has 114 valence electrons. The molecule has 0 fully saturated rings. The van der Waals surface area contributed by atoms with Crippen molar-refractivity contribution in [2.45, 2.75) is 52.5 Å². The first-order valence-corrected chi connectivity index (χ1v) is 7.99. The van der Waals surface area contributed by atoms with Gasteiger partial charge in [-0.2, -0.15) is 0 Å². The van der Waals surface area contributed by atoms with Gasteiger partial charge in [-0.05, 0) is 18.9 Å². The first kappa shape index (κ1) is 15.7. The first-order chi connectivity index (χ1) is 9.90. The molecule has 0 aliphatic heterocycles. The van der Waals surface area contributed by atoms with E-state index in [9.17, 15) is 14.7 Å². The van der Waals surface area contributed by atoms with E-state index in [0.717, 1.165) is 11.3 Å². The minimum Gasteiger partial charge on any atom is -0.480 e. The Morgan fingerprint density at radius 1 is 1.43 bits per heavy atom. The van der Waals surface area contributed by atoms with Crippen LogP contribution in [-0.2, 0) is 11.2 Å². The van der Waals surface area contributed by atoms with Crippen molar-refractivity contribution in [3.8, 4) is 0 Å². The summed E-state index contributed by atoms with van der Waals surface area (Å²) in [5.41, 5.74) is -0.242. The zero-order chi connectivity index (χ0) is 15.7. The van der Waals surface area contributed by atoms with Crippen molar-refractivity contribution in [3.05, 3.63) is 27.1 Å². The number of carbonyl (C=O) groups is 1. The number of aryl methyl sites for hydroxylation is 1. The third-order valence-corrected chi connectivity index (χ3v) is 4.70. The highest BCUT2D eigenvalue weighted by Crippen LogP contribution is 2.26. The Kier molecular flexibility index (Phi) is 4.46. The zero-order valence-electron chi connectivity index (χ0n) is 12.7. The average Bonchev–Trinajstić information content (AvgIpc) is 2.84. The molecule has 0 aromatic carbocycles. The molecule has 1 atom stereocenters. The second kappa shape index (κ2) is 5.97. The van der Waals surface area contributed by atoms with Gasteiger partial charge >= 0.3 is 5.97 Å². The van der Waals surface area contributed by atoms with Crippen molar-refractivity contribution in [2.24, 2.45) is 0 Å². The van der Waals surface area contributed by atoms with Crippen LogP contribution in [0.2, 0.25) is 0 Å². The van der Waals surface area contributed by atoms with Crippen molar-refractivity contribution in [1.29, 1.82) is 0 Å². The molecule has 0 aliphatic rings.